The number of nitrogens with zero attached hydrogens (tertiary/aromatic N) is 3. The fourth-order valence-corrected chi connectivity index (χ4v) is 2.56. The molecule has 0 saturated carbocycles. The summed E-state index contributed by atoms with van der Waals surface area (Å²) in [6.45, 7) is 1.94. The Morgan fingerprint density at radius 1 is 1.55 bits per heavy atom. The molecule has 0 radical (unpaired) electrons. The van der Waals surface area contributed by atoms with E-state index in [1.807, 2.05) is 0 Å². The van der Waals surface area contributed by atoms with Crippen LogP contribution in [0.1, 0.15) is 6.92 Å². The molecule has 0 fully saturated rings. The first-order chi connectivity index (χ1) is 9.54. The van der Waals surface area contributed by atoms with Gasteiger partial charge in [0.25, 0.3) is 0 Å². The van der Waals surface area contributed by atoms with Gasteiger partial charge in [0.1, 0.15) is 12.2 Å². The molecule has 7 nitrogen and oxygen atoms in total. The van der Waals surface area contributed by atoms with Crippen LogP contribution < -0.4 is 4.90 Å². The van der Waals surface area contributed by atoms with E-state index in [1.165, 1.54) is 16.2 Å². The SMILES string of the molecule is CCOC(=O)CN(C)c1ccc2scnc2c1[N+](=O)[O-]. The summed E-state index contributed by atoms with van der Waals surface area (Å²) in [6.07, 6.45) is 0. The highest BCUT2D eigenvalue weighted by molar-refractivity contribution is 7.16. The molecule has 0 aliphatic carbocycles. The Bertz CT molecular complexity index is 655. The quantitative estimate of drug-likeness (QED) is 0.477. The first-order valence-electron chi connectivity index (χ1n) is 5.92. The molecule has 2 aromatic rings. The molecule has 0 unspecified atom stereocenters. The van der Waals surface area contributed by atoms with E-state index in [4.69, 9.17) is 4.74 Å². The van der Waals surface area contributed by atoms with Crippen LogP contribution in [-0.2, 0) is 9.53 Å². The molecule has 8 heteroatoms. The average Bonchev–Trinajstić information content (AvgIpc) is 2.85. The summed E-state index contributed by atoms with van der Waals surface area (Å²) in [6, 6.07) is 3.38. The number of rotatable bonds is 5. The van der Waals surface area contributed by atoms with E-state index in [2.05, 4.69) is 4.98 Å². The first-order valence-corrected chi connectivity index (χ1v) is 6.80. The van der Waals surface area contributed by atoms with Gasteiger partial charge in [-0.2, -0.15) is 0 Å². The third-order valence-corrected chi connectivity index (χ3v) is 3.51. The molecule has 0 aliphatic rings. The first kappa shape index (κ1) is 14.2. The highest BCUT2D eigenvalue weighted by atomic mass is 32.1. The maximum absolute atomic E-state index is 11.5. The molecule has 0 saturated heterocycles. The van der Waals surface area contributed by atoms with Gasteiger partial charge >= 0.3 is 11.7 Å². The molecule has 1 aromatic heterocycles. The van der Waals surface area contributed by atoms with E-state index in [9.17, 15) is 14.9 Å². The van der Waals surface area contributed by atoms with Crippen molar-refractivity contribution in [3.05, 3.63) is 27.8 Å². The minimum Gasteiger partial charge on any atom is -0.465 e. The molecule has 1 aromatic carbocycles. The molecule has 1 heterocycles. The van der Waals surface area contributed by atoms with E-state index in [1.54, 1.807) is 31.6 Å². The van der Waals surface area contributed by atoms with Gasteiger partial charge in [0, 0.05) is 7.05 Å². The Morgan fingerprint density at radius 3 is 2.95 bits per heavy atom. The number of carbonyl (C=O) groups is 1. The van der Waals surface area contributed by atoms with Crippen molar-refractivity contribution in [3.8, 4) is 0 Å². The second kappa shape index (κ2) is 5.83. The van der Waals surface area contributed by atoms with Gasteiger partial charge in [-0.3, -0.25) is 14.9 Å². The van der Waals surface area contributed by atoms with Crippen LogP contribution in [0.25, 0.3) is 10.2 Å². The van der Waals surface area contributed by atoms with Gasteiger partial charge in [0.05, 0.1) is 21.7 Å². The molecule has 0 atom stereocenters. The number of thiazole rings is 1. The molecule has 0 bridgehead atoms. The summed E-state index contributed by atoms with van der Waals surface area (Å²) in [5, 5.41) is 11.3. The largest absolute Gasteiger partial charge is 0.465 e. The molecule has 0 spiro atoms. The molecule has 2 rings (SSSR count). The van der Waals surface area contributed by atoms with E-state index in [0.29, 0.717) is 11.2 Å². The Kier molecular flexibility index (Phi) is 4.14. The molecule has 0 amide bonds. The van der Waals surface area contributed by atoms with E-state index >= 15 is 0 Å². The van der Waals surface area contributed by atoms with Crippen LogP contribution in [0.3, 0.4) is 0 Å². The Labute approximate surface area is 118 Å². The highest BCUT2D eigenvalue weighted by Gasteiger charge is 2.24. The maximum atomic E-state index is 11.5. The van der Waals surface area contributed by atoms with E-state index < -0.39 is 10.9 Å². The van der Waals surface area contributed by atoms with Crippen molar-refractivity contribution in [3.63, 3.8) is 0 Å². The summed E-state index contributed by atoms with van der Waals surface area (Å²) in [7, 11) is 1.61. The van der Waals surface area contributed by atoms with Gasteiger partial charge < -0.3 is 9.64 Å². The van der Waals surface area contributed by atoms with Gasteiger partial charge in [-0.15, -0.1) is 11.3 Å². The summed E-state index contributed by atoms with van der Waals surface area (Å²) < 4.78 is 5.58. The van der Waals surface area contributed by atoms with Crippen LogP contribution in [0, 0.1) is 10.1 Å². The monoisotopic (exact) mass is 295 g/mol. The second-order valence-corrected chi connectivity index (χ2v) is 4.94. The number of hydrogen-bond donors (Lipinski definition) is 0. The molecule has 20 heavy (non-hydrogen) atoms. The second-order valence-electron chi connectivity index (χ2n) is 4.05. The topological polar surface area (TPSA) is 85.6 Å². The third-order valence-electron chi connectivity index (χ3n) is 2.72. The van der Waals surface area contributed by atoms with Crippen molar-refractivity contribution in [1.82, 2.24) is 4.98 Å². The number of benzene rings is 1. The van der Waals surface area contributed by atoms with Crippen molar-refractivity contribution >= 4 is 38.9 Å². The lowest BCUT2D eigenvalue weighted by atomic mass is 10.2. The van der Waals surface area contributed by atoms with E-state index in [-0.39, 0.29) is 18.8 Å². The van der Waals surface area contributed by atoms with Crippen LogP contribution in [0.5, 0.6) is 0 Å². The Balaban J connectivity index is 2.40. The number of fused-ring (bicyclic) bond motifs is 1. The lowest BCUT2D eigenvalue weighted by Gasteiger charge is -2.17. The van der Waals surface area contributed by atoms with Crippen molar-refractivity contribution in [1.29, 1.82) is 0 Å². The summed E-state index contributed by atoms with van der Waals surface area (Å²) in [5.74, 6) is -0.428. The maximum Gasteiger partial charge on any atom is 0.325 e. The molecule has 106 valence electrons. The minimum absolute atomic E-state index is 0.0513. The summed E-state index contributed by atoms with van der Waals surface area (Å²) in [5.41, 5.74) is 2.16. The number of hydrogen-bond acceptors (Lipinski definition) is 7. The zero-order valence-electron chi connectivity index (χ0n) is 11.0. The van der Waals surface area contributed by atoms with Gasteiger partial charge in [-0.1, -0.05) is 0 Å². The van der Waals surface area contributed by atoms with Gasteiger partial charge in [0.15, 0.2) is 5.52 Å². The zero-order chi connectivity index (χ0) is 14.7. The number of likely N-dealkylation sites (N-methyl/N-ethyl adjacent to an activating group) is 1. The zero-order valence-corrected chi connectivity index (χ0v) is 11.8. The van der Waals surface area contributed by atoms with Crippen LogP contribution in [0.2, 0.25) is 0 Å². The van der Waals surface area contributed by atoms with Gasteiger partial charge in [-0.05, 0) is 19.1 Å². The van der Waals surface area contributed by atoms with Crippen molar-refractivity contribution in [2.24, 2.45) is 0 Å². The van der Waals surface area contributed by atoms with Gasteiger partial charge in [0.2, 0.25) is 0 Å². The Hall–Kier alpha value is -2.22. The van der Waals surface area contributed by atoms with Crippen molar-refractivity contribution < 1.29 is 14.5 Å². The lowest BCUT2D eigenvalue weighted by molar-refractivity contribution is -0.382. The average molecular weight is 295 g/mol. The number of esters is 1. The molecular weight excluding hydrogens is 282 g/mol. The molecule has 0 N–H and O–H groups in total. The predicted octanol–water partition coefficient (Wildman–Crippen LogP) is 2.20. The van der Waals surface area contributed by atoms with E-state index in [0.717, 1.165) is 4.70 Å². The van der Waals surface area contributed by atoms with Gasteiger partial charge in [-0.25, -0.2) is 4.98 Å². The smallest absolute Gasteiger partial charge is 0.325 e. The fraction of sp³-hybridized carbons (Fsp3) is 0.333. The third kappa shape index (κ3) is 2.69. The molecular formula is C12H13N3O4S. The molecule has 0 aliphatic heterocycles. The Morgan fingerprint density at radius 2 is 2.30 bits per heavy atom. The number of nitro groups is 1. The van der Waals surface area contributed by atoms with Crippen molar-refractivity contribution in [2.75, 3.05) is 25.1 Å². The summed E-state index contributed by atoms with van der Waals surface area (Å²) >= 11 is 1.34. The van der Waals surface area contributed by atoms with Crippen LogP contribution in [-0.4, -0.2) is 36.1 Å². The summed E-state index contributed by atoms with van der Waals surface area (Å²) in [4.78, 5) is 27.8. The number of carbonyl (C=O) groups excluding carboxylic acids is 1. The van der Waals surface area contributed by atoms with Crippen LogP contribution in [0.4, 0.5) is 11.4 Å². The highest BCUT2D eigenvalue weighted by Crippen LogP contribution is 2.35. The predicted molar refractivity (Wildman–Crippen MR) is 76.2 cm³/mol. The number of aromatic nitrogens is 1. The number of anilines is 1. The normalized spacial score (nSPS) is 10.5. The van der Waals surface area contributed by atoms with Crippen LogP contribution >= 0.6 is 11.3 Å². The number of ether oxygens (including phenoxy) is 1. The van der Waals surface area contributed by atoms with Crippen LogP contribution in [0.15, 0.2) is 17.6 Å². The fourth-order valence-electron chi connectivity index (χ4n) is 1.88. The minimum atomic E-state index is -0.473. The lowest BCUT2D eigenvalue weighted by Crippen LogP contribution is -2.27. The standard InChI is InChI=1S/C12H13N3O4S/c1-3-19-10(16)6-14(2)8-4-5-9-11(13-7-20-9)12(8)15(17)18/h4-5,7H,3,6H2,1-2H3. The van der Waals surface area contributed by atoms with Crippen molar-refractivity contribution in [2.45, 2.75) is 6.92 Å². The number of nitro benzene ring substituents is 1.